The van der Waals surface area contributed by atoms with E-state index in [0.29, 0.717) is 4.61 Å². The van der Waals surface area contributed by atoms with Crippen LogP contribution in [-0.4, -0.2) is 36.1 Å². The van der Waals surface area contributed by atoms with E-state index in [1.54, 1.807) is 0 Å². The normalized spacial score (nSPS) is 14.9. The maximum absolute atomic E-state index is 13.0. The minimum Gasteiger partial charge on any atom is -0.445 e. The Hall–Kier alpha value is -3.36. The van der Waals surface area contributed by atoms with Gasteiger partial charge in [-0.2, -0.15) is 0 Å². The molecule has 0 spiro atoms. The average Bonchev–Trinajstić information content (AvgIpc) is 3.26. The number of fused-ring (bicyclic) bond motifs is 1. The Kier molecular flexibility index (Phi) is 7.59. The first kappa shape index (κ1) is 22.8. The van der Waals surface area contributed by atoms with Gasteiger partial charge in [0.2, 0.25) is 5.91 Å². The zero-order chi connectivity index (χ0) is 23.0. The number of ether oxygens (including phenoxy) is 1. The van der Waals surface area contributed by atoms with Gasteiger partial charge in [-0.3, -0.25) is 20.0 Å². The van der Waals surface area contributed by atoms with Crippen molar-refractivity contribution in [2.45, 2.75) is 19.3 Å². The summed E-state index contributed by atoms with van der Waals surface area (Å²) < 4.78 is 6.24. The van der Waals surface area contributed by atoms with E-state index in [4.69, 9.17) is 9.57 Å². The summed E-state index contributed by atoms with van der Waals surface area (Å²) in [5.41, 5.74) is 4.49. The second-order valence-corrected chi connectivity index (χ2v) is 8.47. The minimum atomic E-state index is -0.552. The van der Waals surface area contributed by atoms with E-state index in [-0.39, 0.29) is 38.3 Å². The monoisotopic (exact) mass is 509 g/mol. The Morgan fingerprint density at radius 1 is 1.03 bits per heavy atom. The number of hydrogen-bond donors (Lipinski definition) is 2. The summed E-state index contributed by atoms with van der Waals surface area (Å²) in [5, 5.41) is 4.91. The van der Waals surface area contributed by atoms with Crippen LogP contribution in [-0.2, 0) is 27.5 Å². The molecule has 1 unspecified atom stereocenters. The highest BCUT2D eigenvalue weighted by Crippen LogP contribution is 2.20. The van der Waals surface area contributed by atoms with Crippen LogP contribution in [0.3, 0.4) is 0 Å². The Bertz CT molecular complexity index is 1150. The van der Waals surface area contributed by atoms with Crippen molar-refractivity contribution in [3.05, 3.63) is 94.6 Å². The molecule has 2 amide bonds. The van der Waals surface area contributed by atoms with E-state index in [9.17, 15) is 9.59 Å². The number of halogens is 1. The van der Waals surface area contributed by atoms with Crippen LogP contribution in [0.5, 0.6) is 0 Å². The standard InChI is InChI=1S/C25H24BrN3O4/c26-23-13-21(33-28-23)14-27-24(30)16-29(25(31)32-17-18-7-2-1-3-8-18)15-20-11-6-10-19-9-4-5-12-22(19)20/h1-13,21,28H,14-17H2,(H,27,30). The molecule has 3 aromatic rings. The molecule has 4 rings (SSSR count). The molecule has 0 aromatic heterocycles. The Morgan fingerprint density at radius 2 is 1.79 bits per heavy atom. The Labute approximate surface area is 200 Å². The van der Waals surface area contributed by atoms with Crippen LogP contribution >= 0.6 is 15.9 Å². The quantitative estimate of drug-likeness (QED) is 0.444. The molecule has 0 radical (unpaired) electrons. The van der Waals surface area contributed by atoms with Gasteiger partial charge in [0.15, 0.2) is 0 Å². The summed E-state index contributed by atoms with van der Waals surface area (Å²) in [6, 6.07) is 23.3. The summed E-state index contributed by atoms with van der Waals surface area (Å²) in [4.78, 5) is 32.3. The van der Waals surface area contributed by atoms with Gasteiger partial charge in [-0.1, -0.05) is 72.8 Å². The number of nitrogens with one attached hydrogen (secondary N) is 2. The zero-order valence-corrected chi connectivity index (χ0v) is 19.5. The number of amides is 2. The summed E-state index contributed by atoms with van der Waals surface area (Å²) in [7, 11) is 0. The molecule has 170 valence electrons. The molecule has 0 bridgehead atoms. The molecular weight excluding hydrogens is 486 g/mol. The first-order valence-electron chi connectivity index (χ1n) is 10.6. The van der Waals surface area contributed by atoms with Crippen molar-refractivity contribution >= 4 is 38.7 Å². The van der Waals surface area contributed by atoms with Gasteiger partial charge in [0, 0.05) is 0 Å². The van der Waals surface area contributed by atoms with Crippen LogP contribution in [0.25, 0.3) is 10.8 Å². The highest BCUT2D eigenvalue weighted by Gasteiger charge is 2.22. The third kappa shape index (κ3) is 6.34. The predicted octanol–water partition coefficient (Wildman–Crippen LogP) is 4.23. The molecular formula is C25H24BrN3O4. The van der Waals surface area contributed by atoms with Crippen molar-refractivity contribution in [1.29, 1.82) is 0 Å². The fraction of sp³-hybridized carbons (Fsp3) is 0.200. The molecule has 1 heterocycles. The first-order chi connectivity index (χ1) is 16.1. The summed E-state index contributed by atoms with van der Waals surface area (Å²) in [6.07, 6.45) is 0.964. The second-order valence-electron chi connectivity index (χ2n) is 7.61. The number of carbonyl (C=O) groups excluding carboxylic acids is 2. The van der Waals surface area contributed by atoms with Crippen LogP contribution < -0.4 is 10.8 Å². The van der Waals surface area contributed by atoms with Gasteiger partial charge in [0.25, 0.3) is 0 Å². The van der Waals surface area contributed by atoms with Crippen molar-refractivity contribution in [2.75, 3.05) is 13.1 Å². The number of benzene rings is 3. The van der Waals surface area contributed by atoms with Crippen molar-refractivity contribution in [1.82, 2.24) is 15.7 Å². The second kappa shape index (κ2) is 11.0. The largest absolute Gasteiger partial charge is 0.445 e. The number of nitrogens with zero attached hydrogens (tertiary/aromatic N) is 1. The third-order valence-corrected chi connectivity index (χ3v) is 5.61. The summed E-state index contributed by atoms with van der Waals surface area (Å²) >= 11 is 3.28. The number of rotatable bonds is 8. The van der Waals surface area contributed by atoms with Crippen molar-refractivity contribution < 1.29 is 19.2 Å². The van der Waals surface area contributed by atoms with Gasteiger partial charge in [0.05, 0.1) is 13.1 Å². The first-order valence-corrected chi connectivity index (χ1v) is 11.4. The van der Waals surface area contributed by atoms with Gasteiger partial charge in [-0.25, -0.2) is 4.79 Å². The van der Waals surface area contributed by atoms with Gasteiger partial charge in [-0.05, 0) is 43.9 Å². The van der Waals surface area contributed by atoms with Gasteiger partial charge >= 0.3 is 6.09 Å². The van der Waals surface area contributed by atoms with E-state index in [1.165, 1.54) is 4.90 Å². The minimum absolute atomic E-state index is 0.133. The maximum Gasteiger partial charge on any atom is 0.410 e. The Morgan fingerprint density at radius 3 is 2.58 bits per heavy atom. The van der Waals surface area contributed by atoms with Crippen LogP contribution in [0.4, 0.5) is 4.79 Å². The number of carbonyl (C=O) groups is 2. The molecule has 1 aliphatic rings. The van der Waals surface area contributed by atoms with E-state index in [0.717, 1.165) is 21.9 Å². The average molecular weight is 510 g/mol. The van der Waals surface area contributed by atoms with E-state index >= 15 is 0 Å². The molecule has 1 atom stereocenters. The smallest absolute Gasteiger partial charge is 0.410 e. The van der Waals surface area contributed by atoms with Crippen LogP contribution in [0.15, 0.2) is 83.5 Å². The third-order valence-electron chi connectivity index (χ3n) is 5.18. The summed E-state index contributed by atoms with van der Waals surface area (Å²) in [5.74, 6) is -0.299. The van der Waals surface area contributed by atoms with Gasteiger partial charge in [-0.15, -0.1) is 0 Å². The van der Waals surface area contributed by atoms with E-state index in [2.05, 4.69) is 26.7 Å². The lowest BCUT2D eigenvalue weighted by atomic mass is 10.0. The zero-order valence-electron chi connectivity index (χ0n) is 17.9. The maximum atomic E-state index is 13.0. The van der Waals surface area contributed by atoms with Crippen molar-refractivity contribution in [2.24, 2.45) is 0 Å². The molecule has 0 aliphatic carbocycles. The lowest BCUT2D eigenvalue weighted by Crippen LogP contribution is -2.42. The molecule has 0 saturated heterocycles. The fourth-order valence-electron chi connectivity index (χ4n) is 3.54. The predicted molar refractivity (Wildman–Crippen MR) is 129 cm³/mol. The molecule has 0 fully saturated rings. The Balaban J connectivity index is 1.45. The molecule has 7 nitrogen and oxygen atoms in total. The van der Waals surface area contributed by atoms with Gasteiger partial charge < -0.3 is 10.1 Å². The van der Waals surface area contributed by atoms with Crippen LogP contribution in [0.2, 0.25) is 0 Å². The van der Waals surface area contributed by atoms with E-state index in [1.807, 2.05) is 78.9 Å². The molecule has 1 aliphatic heterocycles. The molecule has 33 heavy (non-hydrogen) atoms. The number of hydroxylamine groups is 1. The topological polar surface area (TPSA) is 79.9 Å². The van der Waals surface area contributed by atoms with E-state index < -0.39 is 6.09 Å². The van der Waals surface area contributed by atoms with Crippen molar-refractivity contribution in [3.63, 3.8) is 0 Å². The molecule has 3 aromatic carbocycles. The molecule has 0 saturated carbocycles. The summed E-state index contributed by atoms with van der Waals surface area (Å²) in [6.45, 7) is 0.521. The molecule has 8 heteroatoms. The number of hydrogen-bond acceptors (Lipinski definition) is 5. The highest BCUT2D eigenvalue weighted by atomic mass is 79.9. The van der Waals surface area contributed by atoms with Crippen molar-refractivity contribution in [3.8, 4) is 0 Å². The SMILES string of the molecule is O=C(CN(Cc1cccc2ccccc12)C(=O)OCc1ccccc1)NCC1C=C(Br)NO1. The fourth-order valence-corrected chi connectivity index (χ4v) is 3.93. The highest BCUT2D eigenvalue weighted by molar-refractivity contribution is 9.11. The van der Waals surface area contributed by atoms with Crippen LogP contribution in [0.1, 0.15) is 11.1 Å². The molecule has 2 N–H and O–H groups in total. The van der Waals surface area contributed by atoms with Crippen LogP contribution in [0, 0.1) is 0 Å². The lowest BCUT2D eigenvalue weighted by Gasteiger charge is -2.23. The lowest BCUT2D eigenvalue weighted by molar-refractivity contribution is -0.122. The van der Waals surface area contributed by atoms with Gasteiger partial charge in [0.1, 0.15) is 23.9 Å².